The molecule has 1 amide bonds. The lowest BCUT2D eigenvalue weighted by atomic mass is 10.0. The number of hydrogen-bond acceptors (Lipinski definition) is 7. The van der Waals surface area contributed by atoms with Crippen molar-refractivity contribution in [2.45, 2.75) is 30.4 Å². The molecule has 150 valence electrons. The van der Waals surface area contributed by atoms with Crippen LogP contribution >= 0.6 is 23.1 Å². The van der Waals surface area contributed by atoms with Crippen molar-refractivity contribution in [3.63, 3.8) is 0 Å². The van der Waals surface area contributed by atoms with E-state index in [4.69, 9.17) is 9.68 Å². The lowest BCUT2D eigenvalue weighted by Crippen LogP contribution is -2.14. The SMILES string of the molecule is Cc1cc2occ(CC(=O)Nc3nnc(SCc4ccc(C#N)cc4)s3)c2cc1C. The van der Waals surface area contributed by atoms with Gasteiger partial charge in [0.2, 0.25) is 11.0 Å². The van der Waals surface area contributed by atoms with Crippen molar-refractivity contribution in [2.24, 2.45) is 0 Å². The fraction of sp³-hybridized carbons (Fsp3) is 0.182. The first kappa shape index (κ1) is 20.1. The number of rotatable bonds is 6. The molecule has 6 nitrogen and oxygen atoms in total. The molecule has 0 spiro atoms. The number of nitrogens with one attached hydrogen (secondary N) is 1. The number of anilines is 1. The van der Waals surface area contributed by atoms with E-state index in [0.29, 0.717) is 16.4 Å². The number of nitrogens with zero attached hydrogens (tertiary/aromatic N) is 3. The molecule has 8 heteroatoms. The van der Waals surface area contributed by atoms with Crippen LogP contribution in [-0.2, 0) is 17.0 Å². The van der Waals surface area contributed by atoms with Gasteiger partial charge in [0.15, 0.2) is 4.34 Å². The van der Waals surface area contributed by atoms with E-state index in [1.54, 1.807) is 30.2 Å². The van der Waals surface area contributed by atoms with Gasteiger partial charge in [0.25, 0.3) is 0 Å². The van der Waals surface area contributed by atoms with Crippen LogP contribution in [0.2, 0.25) is 0 Å². The van der Waals surface area contributed by atoms with Gasteiger partial charge in [-0.2, -0.15) is 5.26 Å². The maximum atomic E-state index is 12.5. The monoisotopic (exact) mass is 434 g/mol. The summed E-state index contributed by atoms with van der Waals surface area (Å²) in [5, 5.41) is 21.3. The third-order valence-electron chi connectivity index (χ3n) is 4.72. The van der Waals surface area contributed by atoms with Gasteiger partial charge in [0.1, 0.15) is 5.58 Å². The van der Waals surface area contributed by atoms with Crippen molar-refractivity contribution < 1.29 is 9.21 Å². The van der Waals surface area contributed by atoms with E-state index in [2.05, 4.69) is 27.6 Å². The summed E-state index contributed by atoms with van der Waals surface area (Å²) in [7, 11) is 0. The highest BCUT2D eigenvalue weighted by molar-refractivity contribution is 8.00. The van der Waals surface area contributed by atoms with Crippen LogP contribution in [0.1, 0.15) is 27.8 Å². The number of carbonyl (C=O) groups is 1. The smallest absolute Gasteiger partial charge is 0.230 e. The number of furan rings is 1. The molecular formula is C22H18N4O2S2. The average molecular weight is 435 g/mol. The number of carbonyl (C=O) groups excluding carboxylic acids is 1. The molecule has 30 heavy (non-hydrogen) atoms. The standard InChI is InChI=1S/C22H18N4O2S2/c1-13-7-18-17(11-28-19(18)8-14(13)2)9-20(27)24-21-25-26-22(30-21)29-12-16-5-3-15(10-23)4-6-16/h3-8,11H,9,12H2,1-2H3,(H,24,25,27). The number of thioether (sulfide) groups is 1. The summed E-state index contributed by atoms with van der Waals surface area (Å²) in [4.78, 5) is 12.5. The van der Waals surface area contributed by atoms with E-state index >= 15 is 0 Å². The van der Waals surface area contributed by atoms with Crippen LogP contribution in [0, 0.1) is 25.2 Å². The predicted molar refractivity (Wildman–Crippen MR) is 119 cm³/mol. The van der Waals surface area contributed by atoms with Crippen LogP contribution in [0.5, 0.6) is 0 Å². The summed E-state index contributed by atoms with van der Waals surface area (Å²) < 4.78 is 6.37. The highest BCUT2D eigenvalue weighted by Gasteiger charge is 2.14. The van der Waals surface area contributed by atoms with Crippen LogP contribution in [0.4, 0.5) is 5.13 Å². The molecule has 0 fully saturated rings. The van der Waals surface area contributed by atoms with E-state index in [-0.39, 0.29) is 12.3 Å². The quantitative estimate of drug-likeness (QED) is 0.329. The van der Waals surface area contributed by atoms with Gasteiger partial charge in [-0.1, -0.05) is 35.2 Å². The van der Waals surface area contributed by atoms with Gasteiger partial charge in [0, 0.05) is 16.7 Å². The molecule has 0 radical (unpaired) electrons. The lowest BCUT2D eigenvalue weighted by molar-refractivity contribution is -0.115. The summed E-state index contributed by atoms with van der Waals surface area (Å²) in [6, 6.07) is 13.6. The summed E-state index contributed by atoms with van der Waals surface area (Å²) in [6.45, 7) is 4.08. The van der Waals surface area contributed by atoms with Gasteiger partial charge < -0.3 is 9.73 Å². The second-order valence-corrected chi connectivity index (χ2v) is 9.09. The Morgan fingerprint density at radius 3 is 2.73 bits per heavy atom. The van der Waals surface area contributed by atoms with E-state index in [9.17, 15) is 4.79 Å². The topological polar surface area (TPSA) is 91.8 Å². The third kappa shape index (κ3) is 4.53. The second kappa shape index (κ2) is 8.69. The molecule has 0 aliphatic heterocycles. The second-order valence-electron chi connectivity index (χ2n) is 6.89. The van der Waals surface area contributed by atoms with Gasteiger partial charge in [-0.25, -0.2) is 0 Å². The van der Waals surface area contributed by atoms with Crippen molar-refractivity contribution in [2.75, 3.05) is 5.32 Å². The largest absolute Gasteiger partial charge is 0.464 e. The minimum absolute atomic E-state index is 0.157. The first-order valence-corrected chi connectivity index (χ1v) is 11.0. The Morgan fingerprint density at radius 2 is 1.97 bits per heavy atom. The summed E-state index contributed by atoms with van der Waals surface area (Å²) in [5.74, 6) is 0.560. The Bertz CT molecular complexity index is 1250. The molecular weight excluding hydrogens is 416 g/mol. The number of aromatic nitrogens is 2. The van der Waals surface area contributed by atoms with E-state index in [1.807, 2.05) is 32.0 Å². The molecule has 0 aliphatic rings. The molecule has 0 unspecified atom stereocenters. The Balaban J connectivity index is 1.36. The van der Waals surface area contributed by atoms with Crippen LogP contribution in [0.25, 0.3) is 11.0 Å². The number of hydrogen-bond donors (Lipinski definition) is 1. The third-order valence-corrected chi connectivity index (χ3v) is 6.76. The van der Waals surface area contributed by atoms with Gasteiger partial charge >= 0.3 is 0 Å². The summed E-state index contributed by atoms with van der Waals surface area (Å²) in [6.07, 6.45) is 1.85. The molecule has 2 aromatic carbocycles. The predicted octanol–water partition coefficient (Wildman–Crippen LogP) is 5.25. The lowest BCUT2D eigenvalue weighted by Gasteiger charge is -2.02. The molecule has 0 saturated heterocycles. The number of aryl methyl sites for hydroxylation is 2. The zero-order valence-corrected chi connectivity index (χ0v) is 18.1. The minimum Gasteiger partial charge on any atom is -0.464 e. The molecule has 2 aromatic heterocycles. The summed E-state index contributed by atoms with van der Waals surface area (Å²) in [5.41, 5.74) is 5.70. The van der Waals surface area contributed by atoms with Crippen molar-refractivity contribution >= 4 is 45.1 Å². The van der Waals surface area contributed by atoms with Crippen molar-refractivity contribution in [1.82, 2.24) is 10.2 Å². The fourth-order valence-electron chi connectivity index (χ4n) is 2.95. The zero-order valence-electron chi connectivity index (χ0n) is 16.4. The number of benzene rings is 2. The van der Waals surface area contributed by atoms with Crippen LogP contribution in [0.3, 0.4) is 0 Å². The molecule has 0 atom stereocenters. The average Bonchev–Trinajstić information content (AvgIpc) is 3.34. The minimum atomic E-state index is -0.157. The molecule has 0 saturated carbocycles. The normalized spacial score (nSPS) is 10.8. The fourth-order valence-corrected chi connectivity index (χ4v) is 4.67. The molecule has 0 aliphatic carbocycles. The van der Waals surface area contributed by atoms with Crippen LogP contribution in [0.15, 0.2) is 51.4 Å². The van der Waals surface area contributed by atoms with Gasteiger partial charge in [-0.3, -0.25) is 4.79 Å². The van der Waals surface area contributed by atoms with Gasteiger partial charge in [0.05, 0.1) is 24.3 Å². The molecule has 1 N–H and O–H groups in total. The van der Waals surface area contributed by atoms with E-state index < -0.39 is 0 Å². The number of amides is 1. The van der Waals surface area contributed by atoms with E-state index in [1.165, 1.54) is 16.9 Å². The van der Waals surface area contributed by atoms with Crippen LogP contribution in [-0.4, -0.2) is 16.1 Å². The van der Waals surface area contributed by atoms with Gasteiger partial charge in [-0.15, -0.1) is 10.2 Å². The number of nitriles is 1. The van der Waals surface area contributed by atoms with Crippen molar-refractivity contribution in [3.05, 3.63) is 70.5 Å². The maximum Gasteiger partial charge on any atom is 0.230 e. The highest BCUT2D eigenvalue weighted by Crippen LogP contribution is 2.29. The van der Waals surface area contributed by atoms with Crippen molar-refractivity contribution in [3.8, 4) is 6.07 Å². The zero-order chi connectivity index (χ0) is 21.1. The Hall–Kier alpha value is -3.15. The highest BCUT2D eigenvalue weighted by atomic mass is 32.2. The summed E-state index contributed by atoms with van der Waals surface area (Å²) >= 11 is 2.88. The molecule has 4 rings (SSSR count). The van der Waals surface area contributed by atoms with E-state index in [0.717, 1.165) is 32.0 Å². The molecule has 4 aromatic rings. The molecule has 2 heterocycles. The van der Waals surface area contributed by atoms with Crippen LogP contribution < -0.4 is 5.32 Å². The Morgan fingerprint density at radius 1 is 1.20 bits per heavy atom. The van der Waals surface area contributed by atoms with Crippen molar-refractivity contribution in [1.29, 1.82) is 5.26 Å². The van der Waals surface area contributed by atoms with Gasteiger partial charge in [-0.05, 0) is 54.8 Å². The first-order valence-electron chi connectivity index (χ1n) is 9.24. The Kier molecular flexibility index (Phi) is 5.84. The Labute approximate surface area is 181 Å². The molecule has 0 bridgehead atoms. The maximum absolute atomic E-state index is 12.5. The first-order chi connectivity index (χ1) is 14.5. The number of fused-ring (bicyclic) bond motifs is 1.